The molecule has 0 spiro atoms. The van der Waals surface area contributed by atoms with Crippen LogP contribution in [0.25, 0.3) is 21.8 Å². The average molecular weight is 333 g/mol. The molecule has 1 amide bonds. The van der Waals surface area contributed by atoms with Gasteiger partial charge in [-0.25, -0.2) is 4.79 Å². The summed E-state index contributed by atoms with van der Waals surface area (Å²) in [5, 5.41) is 13.0. The summed E-state index contributed by atoms with van der Waals surface area (Å²) in [7, 11) is 0. The minimum atomic E-state index is -1.13. The van der Waals surface area contributed by atoms with Crippen molar-refractivity contribution >= 4 is 39.4 Å². The van der Waals surface area contributed by atoms with Crippen molar-refractivity contribution in [3.63, 3.8) is 0 Å². The van der Waals surface area contributed by atoms with Crippen LogP contribution in [0.1, 0.15) is 21.7 Å². The molecule has 6 heteroatoms. The van der Waals surface area contributed by atoms with Crippen LogP contribution in [0, 0.1) is 6.92 Å². The molecule has 2 aromatic carbocycles. The molecule has 0 aliphatic rings. The highest BCUT2D eigenvalue weighted by Gasteiger charge is 2.15. The van der Waals surface area contributed by atoms with E-state index in [2.05, 4.69) is 15.3 Å². The van der Waals surface area contributed by atoms with E-state index in [0.29, 0.717) is 22.6 Å². The molecular formula is C19H15N3O3. The van der Waals surface area contributed by atoms with Gasteiger partial charge in [0.25, 0.3) is 0 Å². The van der Waals surface area contributed by atoms with Crippen LogP contribution in [0.4, 0.5) is 10.5 Å². The minimum absolute atomic E-state index is 0.139. The molecule has 0 aliphatic carbocycles. The maximum absolute atomic E-state index is 12.8. The van der Waals surface area contributed by atoms with E-state index in [1.54, 1.807) is 24.3 Å². The molecule has 2 aromatic heterocycles. The summed E-state index contributed by atoms with van der Waals surface area (Å²) in [6.07, 6.45) is -1.13. The Labute approximate surface area is 142 Å². The summed E-state index contributed by atoms with van der Waals surface area (Å²) in [6.45, 7) is 2.00. The molecule has 0 atom stereocenters. The van der Waals surface area contributed by atoms with Gasteiger partial charge in [0, 0.05) is 27.5 Å². The highest BCUT2D eigenvalue weighted by molar-refractivity contribution is 6.11. The predicted molar refractivity (Wildman–Crippen MR) is 96.4 cm³/mol. The fourth-order valence-electron chi connectivity index (χ4n) is 3.02. The van der Waals surface area contributed by atoms with Gasteiger partial charge in [-0.15, -0.1) is 0 Å². The lowest BCUT2D eigenvalue weighted by Crippen LogP contribution is -2.06. The number of hydrogen-bond acceptors (Lipinski definition) is 2. The zero-order valence-corrected chi connectivity index (χ0v) is 13.4. The molecule has 6 nitrogen and oxygen atoms in total. The third kappa shape index (κ3) is 2.63. The Morgan fingerprint density at radius 2 is 1.72 bits per heavy atom. The highest BCUT2D eigenvalue weighted by Crippen LogP contribution is 2.24. The third-order valence-electron chi connectivity index (χ3n) is 4.25. The minimum Gasteiger partial charge on any atom is -0.465 e. The Morgan fingerprint density at radius 1 is 0.960 bits per heavy atom. The average Bonchev–Trinajstić information content (AvgIpc) is 3.17. The number of carbonyl (C=O) groups excluding carboxylic acids is 1. The van der Waals surface area contributed by atoms with Crippen molar-refractivity contribution in [2.75, 3.05) is 5.32 Å². The molecule has 25 heavy (non-hydrogen) atoms. The monoisotopic (exact) mass is 333 g/mol. The Balaban J connectivity index is 1.73. The number of fused-ring (bicyclic) bond motifs is 2. The van der Waals surface area contributed by atoms with Gasteiger partial charge in [-0.1, -0.05) is 18.2 Å². The van der Waals surface area contributed by atoms with Gasteiger partial charge in [0.05, 0.1) is 11.4 Å². The summed E-state index contributed by atoms with van der Waals surface area (Å²) in [4.78, 5) is 29.7. The molecule has 0 bridgehead atoms. The summed E-state index contributed by atoms with van der Waals surface area (Å²) < 4.78 is 0. The first-order valence-electron chi connectivity index (χ1n) is 7.77. The van der Waals surface area contributed by atoms with E-state index in [9.17, 15) is 9.59 Å². The molecule has 124 valence electrons. The molecule has 4 aromatic rings. The van der Waals surface area contributed by atoms with Crippen molar-refractivity contribution in [1.29, 1.82) is 0 Å². The molecule has 0 radical (unpaired) electrons. The van der Waals surface area contributed by atoms with Crippen molar-refractivity contribution in [1.82, 2.24) is 9.97 Å². The lowest BCUT2D eigenvalue weighted by Gasteiger charge is -1.99. The van der Waals surface area contributed by atoms with E-state index in [0.717, 1.165) is 21.9 Å². The lowest BCUT2D eigenvalue weighted by molar-refractivity contribution is 0.103. The van der Waals surface area contributed by atoms with Crippen LogP contribution >= 0.6 is 0 Å². The smallest absolute Gasteiger partial charge is 0.409 e. The molecule has 0 unspecified atom stereocenters. The molecule has 0 saturated carbocycles. The fourth-order valence-corrected chi connectivity index (χ4v) is 3.02. The normalized spacial score (nSPS) is 11.1. The Hall–Kier alpha value is -3.54. The fraction of sp³-hybridized carbons (Fsp3) is 0.0526. The lowest BCUT2D eigenvalue weighted by atomic mass is 10.1. The first-order chi connectivity index (χ1) is 12.0. The first-order valence-corrected chi connectivity index (χ1v) is 7.77. The van der Waals surface area contributed by atoms with Gasteiger partial charge in [-0.2, -0.15) is 0 Å². The molecule has 0 saturated heterocycles. The standard InChI is InChI=1S/C19H15N3O3/c1-10-3-2-4-14-13(10)9-17(21-14)18(23)16-7-11-5-6-12(20-19(24)25)8-15(11)22-16/h2-9,20-22H,1H3,(H,24,25). The number of benzene rings is 2. The molecule has 4 N–H and O–H groups in total. The van der Waals surface area contributed by atoms with Gasteiger partial charge >= 0.3 is 6.09 Å². The van der Waals surface area contributed by atoms with Crippen LogP contribution in [0.5, 0.6) is 0 Å². The second-order valence-corrected chi connectivity index (χ2v) is 5.96. The van der Waals surface area contributed by atoms with Crippen molar-refractivity contribution < 1.29 is 14.7 Å². The Bertz CT molecular complexity index is 1140. The number of carboxylic acid groups (broad SMARTS) is 1. The van der Waals surface area contributed by atoms with Crippen molar-refractivity contribution in [3.8, 4) is 0 Å². The number of rotatable bonds is 3. The van der Waals surface area contributed by atoms with Crippen molar-refractivity contribution in [2.24, 2.45) is 0 Å². The number of aromatic nitrogens is 2. The third-order valence-corrected chi connectivity index (χ3v) is 4.25. The van der Waals surface area contributed by atoms with Crippen LogP contribution in [0.15, 0.2) is 48.5 Å². The SMILES string of the molecule is Cc1cccc2[nH]c(C(=O)c3cc4ccc(NC(=O)O)cc4[nH]3)cc12. The van der Waals surface area contributed by atoms with Crippen LogP contribution in [-0.4, -0.2) is 27.0 Å². The predicted octanol–water partition coefficient (Wildman–Crippen LogP) is 4.28. The van der Waals surface area contributed by atoms with E-state index < -0.39 is 6.09 Å². The molecule has 0 fully saturated rings. The molecule has 0 aliphatic heterocycles. The van der Waals surface area contributed by atoms with E-state index >= 15 is 0 Å². The van der Waals surface area contributed by atoms with E-state index in [4.69, 9.17) is 5.11 Å². The number of anilines is 1. The van der Waals surface area contributed by atoms with Crippen LogP contribution in [-0.2, 0) is 0 Å². The van der Waals surface area contributed by atoms with Crippen molar-refractivity contribution in [3.05, 3.63) is 65.5 Å². The first kappa shape index (κ1) is 15.0. The number of H-pyrrole nitrogens is 2. The zero-order chi connectivity index (χ0) is 17.6. The van der Waals surface area contributed by atoms with Gasteiger partial charge < -0.3 is 15.1 Å². The topological polar surface area (TPSA) is 98.0 Å². The quantitative estimate of drug-likeness (QED) is 0.421. The number of carbonyl (C=O) groups is 2. The van der Waals surface area contributed by atoms with E-state index in [-0.39, 0.29) is 5.78 Å². The largest absolute Gasteiger partial charge is 0.465 e. The van der Waals surface area contributed by atoms with Crippen LogP contribution < -0.4 is 5.32 Å². The van der Waals surface area contributed by atoms with Gasteiger partial charge in [0.15, 0.2) is 0 Å². The van der Waals surface area contributed by atoms with Gasteiger partial charge in [-0.05, 0) is 42.8 Å². The van der Waals surface area contributed by atoms with Crippen molar-refractivity contribution in [2.45, 2.75) is 6.92 Å². The Kier molecular flexibility index (Phi) is 3.32. The molecular weight excluding hydrogens is 318 g/mol. The second-order valence-electron chi connectivity index (χ2n) is 5.96. The Morgan fingerprint density at radius 3 is 2.48 bits per heavy atom. The number of aryl methyl sites for hydroxylation is 1. The summed E-state index contributed by atoms with van der Waals surface area (Å²) in [6, 6.07) is 14.6. The number of amides is 1. The van der Waals surface area contributed by atoms with Gasteiger partial charge in [0.2, 0.25) is 5.78 Å². The number of ketones is 1. The van der Waals surface area contributed by atoms with E-state index in [1.165, 1.54) is 0 Å². The van der Waals surface area contributed by atoms with Gasteiger partial charge in [0.1, 0.15) is 0 Å². The van der Waals surface area contributed by atoms with E-state index in [1.807, 2.05) is 31.2 Å². The van der Waals surface area contributed by atoms with Crippen LogP contribution in [0.3, 0.4) is 0 Å². The molecule has 2 heterocycles. The van der Waals surface area contributed by atoms with Gasteiger partial charge in [-0.3, -0.25) is 10.1 Å². The highest BCUT2D eigenvalue weighted by atomic mass is 16.4. The summed E-state index contributed by atoms with van der Waals surface area (Å²) in [5.41, 5.74) is 4.14. The second kappa shape index (κ2) is 5.52. The zero-order valence-electron chi connectivity index (χ0n) is 13.4. The van der Waals surface area contributed by atoms with Crippen LogP contribution in [0.2, 0.25) is 0 Å². The number of nitrogens with one attached hydrogen (secondary N) is 3. The maximum atomic E-state index is 12.8. The summed E-state index contributed by atoms with van der Waals surface area (Å²) >= 11 is 0. The maximum Gasteiger partial charge on any atom is 0.409 e. The molecule has 4 rings (SSSR count). The number of aromatic amines is 2. The summed E-state index contributed by atoms with van der Waals surface area (Å²) in [5.74, 6) is -0.139. The number of hydrogen-bond donors (Lipinski definition) is 4.